The maximum absolute atomic E-state index is 13.2. The first-order valence-corrected chi connectivity index (χ1v) is 12.6. The van der Waals surface area contributed by atoms with Crippen LogP contribution in [-0.4, -0.2) is 44.9 Å². The first kappa shape index (κ1) is 22.5. The highest BCUT2D eigenvalue weighted by molar-refractivity contribution is 8.00. The number of nitrogens with one attached hydrogen (secondary N) is 1. The van der Waals surface area contributed by atoms with E-state index >= 15 is 0 Å². The molecule has 0 spiro atoms. The minimum absolute atomic E-state index is 0.172. The molecule has 0 unspecified atom stereocenters. The van der Waals surface area contributed by atoms with Gasteiger partial charge in [0.1, 0.15) is 5.25 Å². The first-order chi connectivity index (χ1) is 15.5. The number of ether oxygens (including phenoxy) is 1. The van der Waals surface area contributed by atoms with Gasteiger partial charge in [0.2, 0.25) is 15.9 Å². The molecule has 3 aromatic rings. The maximum Gasteiger partial charge on any atom is 0.243 e. The molecule has 0 saturated carbocycles. The van der Waals surface area contributed by atoms with Crippen LogP contribution in [0.25, 0.3) is 0 Å². The standard InChI is InChI=1S/C24H24N2O4S2/c27-24(23(19-7-3-1-4-8-19)31-21-9-5-2-6-10-21)25-20-11-13-22(14-12-20)32(28,29)26-15-17-30-18-16-26/h1-14,23H,15-18H2,(H,25,27)/t23-/m1/s1. The summed E-state index contributed by atoms with van der Waals surface area (Å²) >= 11 is 1.47. The van der Waals surface area contributed by atoms with E-state index in [0.717, 1.165) is 10.5 Å². The Labute approximate surface area is 192 Å². The number of thioether (sulfide) groups is 1. The summed E-state index contributed by atoms with van der Waals surface area (Å²) < 4.78 is 32.3. The Kier molecular flexibility index (Phi) is 7.26. The van der Waals surface area contributed by atoms with E-state index in [1.54, 1.807) is 12.1 Å². The number of carbonyl (C=O) groups is 1. The second-order valence-electron chi connectivity index (χ2n) is 7.25. The van der Waals surface area contributed by atoms with Gasteiger partial charge in [0.15, 0.2) is 0 Å². The molecule has 1 atom stereocenters. The molecule has 1 heterocycles. The highest BCUT2D eigenvalue weighted by atomic mass is 32.2. The van der Waals surface area contributed by atoms with Crippen LogP contribution < -0.4 is 5.32 Å². The number of carbonyl (C=O) groups excluding carboxylic acids is 1. The fraction of sp³-hybridized carbons (Fsp3) is 0.208. The van der Waals surface area contributed by atoms with Gasteiger partial charge in [0.25, 0.3) is 0 Å². The normalized spacial score (nSPS) is 15.8. The van der Waals surface area contributed by atoms with Crippen molar-refractivity contribution in [1.29, 1.82) is 0 Å². The SMILES string of the molecule is O=C(Nc1ccc(S(=O)(=O)N2CCOCC2)cc1)[C@H](Sc1ccccc1)c1ccccc1. The Hall–Kier alpha value is -2.65. The molecule has 1 N–H and O–H groups in total. The third kappa shape index (κ3) is 5.39. The van der Waals surface area contributed by atoms with Crippen molar-refractivity contribution in [2.24, 2.45) is 0 Å². The van der Waals surface area contributed by atoms with Crippen LogP contribution in [0.5, 0.6) is 0 Å². The van der Waals surface area contributed by atoms with Gasteiger partial charge in [0.05, 0.1) is 18.1 Å². The van der Waals surface area contributed by atoms with E-state index in [1.165, 1.54) is 28.2 Å². The maximum atomic E-state index is 13.2. The molecule has 0 aromatic heterocycles. The van der Waals surface area contributed by atoms with E-state index in [4.69, 9.17) is 4.74 Å². The van der Waals surface area contributed by atoms with Crippen LogP contribution in [0.3, 0.4) is 0 Å². The predicted molar refractivity (Wildman–Crippen MR) is 126 cm³/mol. The van der Waals surface area contributed by atoms with E-state index in [1.807, 2.05) is 60.7 Å². The van der Waals surface area contributed by atoms with Crippen molar-refractivity contribution in [2.45, 2.75) is 15.0 Å². The van der Waals surface area contributed by atoms with E-state index in [0.29, 0.717) is 32.0 Å². The zero-order chi connectivity index (χ0) is 22.4. The minimum atomic E-state index is -3.57. The molecule has 1 saturated heterocycles. The Morgan fingerprint density at radius 3 is 2.09 bits per heavy atom. The number of anilines is 1. The van der Waals surface area contributed by atoms with Gasteiger partial charge in [0, 0.05) is 23.7 Å². The number of hydrogen-bond acceptors (Lipinski definition) is 5. The molecule has 1 amide bonds. The van der Waals surface area contributed by atoms with Crippen molar-refractivity contribution >= 4 is 33.4 Å². The summed E-state index contributed by atoms with van der Waals surface area (Å²) in [4.78, 5) is 14.4. The number of benzene rings is 3. The quantitative estimate of drug-likeness (QED) is 0.527. The number of sulfonamides is 1. The minimum Gasteiger partial charge on any atom is -0.379 e. The second-order valence-corrected chi connectivity index (χ2v) is 10.4. The molecule has 6 nitrogen and oxygen atoms in total. The summed E-state index contributed by atoms with van der Waals surface area (Å²) in [5, 5.41) is 2.48. The number of amides is 1. The lowest BCUT2D eigenvalue weighted by atomic mass is 10.1. The van der Waals surface area contributed by atoms with Crippen molar-refractivity contribution in [3.05, 3.63) is 90.5 Å². The van der Waals surface area contributed by atoms with Crippen LogP contribution >= 0.6 is 11.8 Å². The summed E-state index contributed by atoms with van der Waals surface area (Å²) in [6, 6.07) is 25.7. The van der Waals surface area contributed by atoms with E-state index in [2.05, 4.69) is 5.32 Å². The zero-order valence-electron chi connectivity index (χ0n) is 17.4. The highest BCUT2D eigenvalue weighted by Gasteiger charge is 2.26. The summed E-state index contributed by atoms with van der Waals surface area (Å²) in [6.45, 7) is 1.48. The molecule has 1 aliphatic rings. The molecule has 4 rings (SSSR count). The molecule has 0 aliphatic carbocycles. The zero-order valence-corrected chi connectivity index (χ0v) is 19.0. The molecule has 8 heteroatoms. The van der Waals surface area contributed by atoms with Crippen LogP contribution in [0.15, 0.2) is 94.7 Å². The van der Waals surface area contributed by atoms with Crippen LogP contribution in [0.2, 0.25) is 0 Å². The van der Waals surface area contributed by atoms with Crippen molar-refractivity contribution in [2.75, 3.05) is 31.6 Å². The van der Waals surface area contributed by atoms with E-state index in [-0.39, 0.29) is 10.8 Å². The molecule has 1 fully saturated rings. The van der Waals surface area contributed by atoms with Crippen LogP contribution in [0.4, 0.5) is 5.69 Å². The third-order valence-corrected chi connectivity index (χ3v) is 8.25. The molecule has 3 aromatic carbocycles. The van der Waals surface area contributed by atoms with Crippen molar-refractivity contribution in [3.8, 4) is 0 Å². The molecular formula is C24H24N2O4S2. The van der Waals surface area contributed by atoms with Gasteiger partial charge in [-0.1, -0.05) is 48.5 Å². The van der Waals surface area contributed by atoms with Gasteiger partial charge in [-0.2, -0.15) is 4.31 Å². The molecule has 0 bridgehead atoms. The smallest absolute Gasteiger partial charge is 0.243 e. The summed E-state index contributed by atoms with van der Waals surface area (Å²) in [6.07, 6.45) is 0. The average molecular weight is 469 g/mol. The Bertz CT molecular complexity index is 1130. The highest BCUT2D eigenvalue weighted by Crippen LogP contribution is 2.36. The topological polar surface area (TPSA) is 75.7 Å². The van der Waals surface area contributed by atoms with E-state index < -0.39 is 15.3 Å². The monoisotopic (exact) mass is 468 g/mol. The van der Waals surface area contributed by atoms with Gasteiger partial charge >= 0.3 is 0 Å². The van der Waals surface area contributed by atoms with Gasteiger partial charge in [-0.15, -0.1) is 11.8 Å². The lowest BCUT2D eigenvalue weighted by Gasteiger charge is -2.26. The fourth-order valence-corrected chi connectivity index (χ4v) is 5.84. The number of morpholine rings is 1. The summed E-state index contributed by atoms with van der Waals surface area (Å²) in [7, 11) is -3.57. The molecule has 1 aliphatic heterocycles. The summed E-state index contributed by atoms with van der Waals surface area (Å²) in [5.74, 6) is -0.172. The lowest BCUT2D eigenvalue weighted by Crippen LogP contribution is -2.40. The van der Waals surface area contributed by atoms with Crippen LogP contribution in [0.1, 0.15) is 10.8 Å². The van der Waals surface area contributed by atoms with Gasteiger partial charge in [-0.3, -0.25) is 4.79 Å². The fourth-order valence-electron chi connectivity index (χ4n) is 3.39. The Morgan fingerprint density at radius 1 is 0.875 bits per heavy atom. The average Bonchev–Trinajstić information content (AvgIpc) is 2.84. The van der Waals surface area contributed by atoms with E-state index in [9.17, 15) is 13.2 Å². The Balaban J connectivity index is 1.50. The first-order valence-electron chi connectivity index (χ1n) is 10.3. The number of hydrogen-bond donors (Lipinski definition) is 1. The lowest BCUT2D eigenvalue weighted by molar-refractivity contribution is -0.115. The molecule has 166 valence electrons. The van der Waals surface area contributed by atoms with Gasteiger partial charge < -0.3 is 10.1 Å². The second kappa shape index (κ2) is 10.3. The molecule has 32 heavy (non-hydrogen) atoms. The molecular weight excluding hydrogens is 444 g/mol. The van der Waals surface area contributed by atoms with Crippen molar-refractivity contribution in [1.82, 2.24) is 4.31 Å². The number of nitrogens with zero attached hydrogens (tertiary/aromatic N) is 1. The van der Waals surface area contributed by atoms with Crippen molar-refractivity contribution < 1.29 is 17.9 Å². The number of rotatable bonds is 7. The van der Waals surface area contributed by atoms with Crippen molar-refractivity contribution in [3.63, 3.8) is 0 Å². The molecule has 0 radical (unpaired) electrons. The predicted octanol–water partition coefficient (Wildman–Crippen LogP) is 4.18. The van der Waals surface area contributed by atoms with Gasteiger partial charge in [-0.05, 0) is 42.0 Å². The van der Waals surface area contributed by atoms with Crippen LogP contribution in [0, 0.1) is 0 Å². The summed E-state index contributed by atoms with van der Waals surface area (Å²) in [5.41, 5.74) is 1.44. The Morgan fingerprint density at radius 2 is 1.47 bits per heavy atom. The van der Waals surface area contributed by atoms with Crippen LogP contribution in [-0.2, 0) is 19.6 Å². The largest absolute Gasteiger partial charge is 0.379 e. The third-order valence-electron chi connectivity index (χ3n) is 5.07. The van der Waals surface area contributed by atoms with Gasteiger partial charge in [-0.25, -0.2) is 8.42 Å².